The molecule has 1 aliphatic heterocycles. The van der Waals surface area contributed by atoms with Crippen LogP contribution in [0.5, 0.6) is 0 Å². The van der Waals surface area contributed by atoms with E-state index in [1.54, 1.807) is 6.07 Å². The van der Waals surface area contributed by atoms with Gasteiger partial charge in [-0.25, -0.2) is 4.98 Å². The molecule has 1 N–H and O–H groups in total. The number of anilines is 1. The average Bonchev–Trinajstić information content (AvgIpc) is 2.93. The summed E-state index contributed by atoms with van der Waals surface area (Å²) in [6.45, 7) is 1.85. The van der Waals surface area contributed by atoms with Crippen LogP contribution in [0.1, 0.15) is 28.8 Å². The standard InChI is InChI=1S/C20H16N2O2S/c1-12-15-10-14(6-8-17(15)22-20(12)24)18(23)11-25-19-9-7-13-4-2-3-5-16(13)21-19/h2-10,12H,11H2,1H3,(H,22,24)/t12-/m1/s1. The van der Waals surface area contributed by atoms with E-state index < -0.39 is 0 Å². The Hall–Kier alpha value is -2.66. The quantitative estimate of drug-likeness (QED) is 0.565. The van der Waals surface area contributed by atoms with E-state index in [1.165, 1.54) is 11.8 Å². The largest absolute Gasteiger partial charge is 0.325 e. The minimum absolute atomic E-state index is 0.0191. The first-order valence-corrected chi connectivity index (χ1v) is 9.07. The minimum atomic E-state index is -0.211. The zero-order valence-electron chi connectivity index (χ0n) is 13.7. The van der Waals surface area contributed by atoms with E-state index in [-0.39, 0.29) is 17.6 Å². The first-order chi connectivity index (χ1) is 12.1. The van der Waals surface area contributed by atoms with E-state index in [1.807, 2.05) is 55.5 Å². The van der Waals surface area contributed by atoms with Crippen molar-refractivity contribution in [1.29, 1.82) is 0 Å². The van der Waals surface area contributed by atoms with Gasteiger partial charge in [-0.3, -0.25) is 9.59 Å². The van der Waals surface area contributed by atoms with Gasteiger partial charge in [0.2, 0.25) is 5.91 Å². The normalized spacial score (nSPS) is 15.9. The molecule has 1 amide bonds. The number of rotatable bonds is 4. The molecule has 1 aromatic heterocycles. The Balaban J connectivity index is 1.49. The fraction of sp³-hybridized carbons (Fsp3) is 0.150. The molecule has 0 bridgehead atoms. The molecule has 2 aromatic carbocycles. The number of pyridine rings is 1. The maximum absolute atomic E-state index is 12.5. The van der Waals surface area contributed by atoms with Crippen molar-refractivity contribution in [3.05, 3.63) is 65.7 Å². The highest BCUT2D eigenvalue weighted by atomic mass is 32.2. The van der Waals surface area contributed by atoms with Crippen molar-refractivity contribution in [3.8, 4) is 0 Å². The molecule has 0 saturated heterocycles. The van der Waals surface area contributed by atoms with Crippen molar-refractivity contribution in [2.45, 2.75) is 17.9 Å². The Morgan fingerprint density at radius 3 is 2.88 bits per heavy atom. The summed E-state index contributed by atoms with van der Waals surface area (Å²) in [6.07, 6.45) is 0. The van der Waals surface area contributed by atoms with E-state index in [2.05, 4.69) is 10.3 Å². The third-order valence-corrected chi connectivity index (χ3v) is 5.34. The third kappa shape index (κ3) is 3.03. The number of carbonyl (C=O) groups is 2. The van der Waals surface area contributed by atoms with Gasteiger partial charge >= 0.3 is 0 Å². The van der Waals surface area contributed by atoms with Gasteiger partial charge in [0.05, 0.1) is 22.2 Å². The van der Waals surface area contributed by atoms with Crippen LogP contribution >= 0.6 is 11.8 Å². The van der Waals surface area contributed by atoms with Gasteiger partial charge in [0, 0.05) is 16.6 Å². The Morgan fingerprint density at radius 1 is 1.16 bits per heavy atom. The zero-order chi connectivity index (χ0) is 17.4. The van der Waals surface area contributed by atoms with Crippen LogP contribution in [-0.4, -0.2) is 22.4 Å². The molecule has 25 heavy (non-hydrogen) atoms. The molecular weight excluding hydrogens is 332 g/mol. The third-order valence-electron chi connectivity index (χ3n) is 4.42. The predicted octanol–water partition coefficient (Wildman–Crippen LogP) is 4.27. The summed E-state index contributed by atoms with van der Waals surface area (Å²) in [5.41, 5.74) is 3.26. The topological polar surface area (TPSA) is 59.1 Å². The van der Waals surface area contributed by atoms with Gasteiger partial charge in [-0.05, 0) is 42.8 Å². The van der Waals surface area contributed by atoms with Gasteiger partial charge in [-0.15, -0.1) is 0 Å². The monoisotopic (exact) mass is 348 g/mol. The van der Waals surface area contributed by atoms with Gasteiger partial charge < -0.3 is 5.32 Å². The van der Waals surface area contributed by atoms with Crippen molar-refractivity contribution < 1.29 is 9.59 Å². The molecule has 0 fully saturated rings. The van der Waals surface area contributed by atoms with E-state index in [0.29, 0.717) is 11.3 Å². The summed E-state index contributed by atoms with van der Waals surface area (Å²) in [5, 5.41) is 4.74. The number of ketones is 1. The maximum Gasteiger partial charge on any atom is 0.231 e. The van der Waals surface area contributed by atoms with Crippen LogP contribution in [0.3, 0.4) is 0 Å². The molecule has 0 radical (unpaired) electrons. The minimum Gasteiger partial charge on any atom is -0.325 e. The van der Waals surface area contributed by atoms with Crippen molar-refractivity contribution in [2.75, 3.05) is 11.1 Å². The smallest absolute Gasteiger partial charge is 0.231 e. The molecule has 2 heterocycles. The number of carbonyl (C=O) groups excluding carboxylic acids is 2. The van der Waals surface area contributed by atoms with Gasteiger partial charge in [0.15, 0.2) is 5.78 Å². The van der Waals surface area contributed by atoms with Crippen LogP contribution in [0.2, 0.25) is 0 Å². The molecule has 0 aliphatic carbocycles. The van der Waals surface area contributed by atoms with E-state index in [4.69, 9.17) is 0 Å². The summed E-state index contributed by atoms with van der Waals surface area (Å²) < 4.78 is 0. The number of hydrogen-bond donors (Lipinski definition) is 1. The van der Waals surface area contributed by atoms with Gasteiger partial charge in [0.1, 0.15) is 0 Å². The Morgan fingerprint density at radius 2 is 2.00 bits per heavy atom. The maximum atomic E-state index is 12.5. The zero-order valence-corrected chi connectivity index (χ0v) is 14.5. The molecule has 0 saturated carbocycles. The van der Waals surface area contributed by atoms with Crippen LogP contribution in [0, 0.1) is 0 Å². The Labute approximate surface area is 149 Å². The van der Waals surface area contributed by atoms with Crippen LogP contribution < -0.4 is 5.32 Å². The molecule has 0 unspecified atom stereocenters. The number of thioether (sulfide) groups is 1. The Kier molecular flexibility index (Phi) is 4.01. The van der Waals surface area contributed by atoms with Crippen LogP contribution in [0.4, 0.5) is 5.69 Å². The summed E-state index contributed by atoms with van der Waals surface area (Å²) in [4.78, 5) is 28.8. The van der Waals surface area contributed by atoms with Crippen molar-refractivity contribution in [1.82, 2.24) is 4.98 Å². The van der Waals surface area contributed by atoms with Gasteiger partial charge in [-0.2, -0.15) is 0 Å². The molecular formula is C20H16N2O2S. The highest BCUT2D eigenvalue weighted by molar-refractivity contribution is 7.99. The summed E-state index contributed by atoms with van der Waals surface area (Å²) in [5.74, 6) is 0.126. The molecule has 5 heteroatoms. The first-order valence-electron chi connectivity index (χ1n) is 8.08. The number of aromatic nitrogens is 1. The van der Waals surface area contributed by atoms with E-state index in [0.717, 1.165) is 27.2 Å². The van der Waals surface area contributed by atoms with Crippen molar-refractivity contribution in [3.63, 3.8) is 0 Å². The summed E-state index contributed by atoms with van der Waals surface area (Å²) >= 11 is 1.43. The molecule has 4 nitrogen and oxygen atoms in total. The number of hydrogen-bond acceptors (Lipinski definition) is 4. The number of nitrogens with one attached hydrogen (secondary N) is 1. The van der Waals surface area contributed by atoms with Crippen LogP contribution in [0.25, 0.3) is 10.9 Å². The highest BCUT2D eigenvalue weighted by Crippen LogP contribution is 2.33. The van der Waals surface area contributed by atoms with Crippen molar-refractivity contribution >= 4 is 40.0 Å². The predicted molar refractivity (Wildman–Crippen MR) is 100 cm³/mol. The number of amides is 1. The second-order valence-electron chi connectivity index (χ2n) is 6.07. The lowest BCUT2D eigenvalue weighted by atomic mass is 9.99. The second-order valence-corrected chi connectivity index (χ2v) is 7.06. The molecule has 124 valence electrons. The molecule has 3 aromatic rings. The highest BCUT2D eigenvalue weighted by Gasteiger charge is 2.27. The van der Waals surface area contributed by atoms with Crippen LogP contribution in [-0.2, 0) is 4.79 Å². The lowest BCUT2D eigenvalue weighted by Gasteiger charge is -2.06. The molecule has 4 rings (SSSR count). The summed E-state index contributed by atoms with van der Waals surface area (Å²) in [7, 11) is 0. The molecule has 1 atom stereocenters. The van der Waals surface area contributed by atoms with E-state index >= 15 is 0 Å². The van der Waals surface area contributed by atoms with Gasteiger partial charge in [-0.1, -0.05) is 36.0 Å². The number of Topliss-reactive ketones (excluding diaryl/α,β-unsaturated/α-hetero) is 1. The van der Waals surface area contributed by atoms with Crippen LogP contribution in [0.15, 0.2) is 59.6 Å². The number of nitrogens with zero attached hydrogens (tertiary/aromatic N) is 1. The number of fused-ring (bicyclic) bond motifs is 2. The summed E-state index contributed by atoms with van der Waals surface area (Å²) in [6, 6.07) is 17.3. The average molecular weight is 348 g/mol. The fourth-order valence-electron chi connectivity index (χ4n) is 2.94. The molecule has 1 aliphatic rings. The molecule has 0 spiro atoms. The Bertz CT molecular complexity index is 1000. The number of para-hydroxylation sites is 1. The lowest BCUT2D eigenvalue weighted by molar-refractivity contribution is -0.116. The lowest BCUT2D eigenvalue weighted by Crippen LogP contribution is -2.08. The second kappa shape index (κ2) is 6.33. The van der Waals surface area contributed by atoms with Gasteiger partial charge in [0.25, 0.3) is 0 Å². The van der Waals surface area contributed by atoms with Crippen molar-refractivity contribution in [2.24, 2.45) is 0 Å². The fourth-order valence-corrected chi connectivity index (χ4v) is 3.71. The van der Waals surface area contributed by atoms with E-state index in [9.17, 15) is 9.59 Å². The SMILES string of the molecule is C[C@H]1C(=O)Nc2ccc(C(=O)CSc3ccc4ccccc4n3)cc21. The first kappa shape index (κ1) is 15.8. The number of benzene rings is 2.